The largest absolute Gasteiger partial charge is 1.00 e. The molecule has 20 heavy (non-hydrogen) atoms. The van der Waals surface area contributed by atoms with E-state index in [1.165, 1.54) is 6.07 Å². The van der Waals surface area contributed by atoms with E-state index in [-0.39, 0.29) is 35.1 Å². The molecule has 0 fully saturated rings. The van der Waals surface area contributed by atoms with Crippen molar-refractivity contribution in [2.75, 3.05) is 0 Å². The van der Waals surface area contributed by atoms with E-state index >= 15 is 0 Å². The molecule has 0 radical (unpaired) electrons. The Bertz CT molecular complexity index is 838. The first kappa shape index (κ1) is 15.7. The number of aromatic nitrogens is 1. The molecule has 3 rings (SSSR count). The van der Waals surface area contributed by atoms with Crippen LogP contribution in [0.25, 0.3) is 21.5 Å². The van der Waals surface area contributed by atoms with E-state index in [4.69, 9.17) is 11.6 Å². The average molecular weight is 359 g/mol. The van der Waals surface area contributed by atoms with E-state index in [1.54, 1.807) is 18.3 Å². The van der Waals surface area contributed by atoms with Crippen LogP contribution < -0.4 is 34.7 Å². The average Bonchev–Trinajstić information content (AvgIpc) is 2.38. The van der Waals surface area contributed by atoms with Crippen molar-refractivity contribution in [3.8, 4) is 0 Å². The predicted molar refractivity (Wildman–Crippen MR) is 76.3 cm³/mol. The number of rotatable bonds is 1. The maximum absolute atomic E-state index is 10.9. The molecule has 3 aromatic rings. The summed E-state index contributed by atoms with van der Waals surface area (Å²) in [6.45, 7) is 0. The molecular weight excluding hydrogens is 353 g/mol. The number of hydrogen-bond acceptors (Lipinski definition) is 3. The first-order chi connectivity index (χ1) is 9.08. The molecular formula is C14H6BrClNNaO2. The Kier molecular flexibility index (Phi) is 4.72. The molecule has 0 aliphatic heterocycles. The third-order valence-electron chi connectivity index (χ3n) is 3.00. The normalized spacial score (nSPS) is 10.5. The van der Waals surface area contributed by atoms with E-state index in [0.29, 0.717) is 5.15 Å². The molecule has 6 heteroatoms. The fraction of sp³-hybridized carbons (Fsp3) is 0. The van der Waals surface area contributed by atoms with E-state index in [0.717, 1.165) is 26.0 Å². The number of halogens is 2. The van der Waals surface area contributed by atoms with Crippen LogP contribution in [0.5, 0.6) is 0 Å². The summed E-state index contributed by atoms with van der Waals surface area (Å²) in [7, 11) is 0. The van der Waals surface area contributed by atoms with Crippen molar-refractivity contribution < 1.29 is 39.5 Å². The summed E-state index contributed by atoms with van der Waals surface area (Å²) in [4.78, 5) is 15.0. The van der Waals surface area contributed by atoms with Gasteiger partial charge in [-0.15, -0.1) is 0 Å². The summed E-state index contributed by atoms with van der Waals surface area (Å²) in [5.74, 6) is -1.20. The Balaban J connectivity index is 0.00000147. The van der Waals surface area contributed by atoms with Crippen LogP contribution in [-0.4, -0.2) is 11.0 Å². The molecule has 0 unspecified atom stereocenters. The summed E-state index contributed by atoms with van der Waals surface area (Å²) in [6, 6.07) is 8.52. The molecule has 94 valence electrons. The second-order valence-corrected chi connectivity index (χ2v) is 5.32. The van der Waals surface area contributed by atoms with E-state index in [1.807, 2.05) is 12.1 Å². The number of carbonyl (C=O) groups excluding carboxylic acids is 1. The third kappa shape index (κ3) is 2.59. The molecule has 1 aromatic heterocycles. The molecule has 0 aliphatic rings. The fourth-order valence-corrected chi connectivity index (χ4v) is 2.98. The summed E-state index contributed by atoms with van der Waals surface area (Å²) in [5, 5.41) is 14.7. The zero-order chi connectivity index (χ0) is 13.6. The maximum atomic E-state index is 10.9. The molecule has 2 aromatic carbocycles. The van der Waals surface area contributed by atoms with Gasteiger partial charge in [-0.2, -0.15) is 0 Å². The number of pyridine rings is 1. The smallest absolute Gasteiger partial charge is 0.545 e. The first-order valence-corrected chi connectivity index (χ1v) is 6.63. The molecule has 3 nitrogen and oxygen atoms in total. The van der Waals surface area contributed by atoms with Gasteiger partial charge in [0.1, 0.15) is 5.15 Å². The van der Waals surface area contributed by atoms with Crippen molar-refractivity contribution in [1.82, 2.24) is 4.98 Å². The van der Waals surface area contributed by atoms with Crippen LogP contribution in [0.2, 0.25) is 5.15 Å². The molecule has 0 amide bonds. The molecule has 0 aliphatic carbocycles. The summed E-state index contributed by atoms with van der Waals surface area (Å²) in [5.41, 5.74) is 0.138. The van der Waals surface area contributed by atoms with Gasteiger partial charge in [0, 0.05) is 21.4 Å². The number of aromatic carboxylic acids is 1. The van der Waals surface area contributed by atoms with E-state index in [9.17, 15) is 9.90 Å². The van der Waals surface area contributed by atoms with Crippen molar-refractivity contribution in [3.05, 3.63) is 51.7 Å². The molecule has 0 saturated heterocycles. The SMILES string of the molecule is O=C([O-])c1ccc2c(c1)cc(Br)c1ccnc(Cl)c12.[Na+]. The van der Waals surface area contributed by atoms with Gasteiger partial charge in [-0.3, -0.25) is 0 Å². The third-order valence-corrected chi connectivity index (χ3v) is 3.94. The van der Waals surface area contributed by atoms with Crippen molar-refractivity contribution in [3.63, 3.8) is 0 Å². The Hall–Kier alpha value is -0.650. The first-order valence-electron chi connectivity index (χ1n) is 5.46. The Labute approximate surface area is 150 Å². The predicted octanol–water partition coefficient (Wildman–Crippen LogP) is 0.171. The van der Waals surface area contributed by atoms with Crippen molar-refractivity contribution >= 4 is 55.0 Å². The van der Waals surface area contributed by atoms with Crippen molar-refractivity contribution in [2.24, 2.45) is 0 Å². The van der Waals surface area contributed by atoms with Crippen molar-refractivity contribution in [1.29, 1.82) is 0 Å². The molecule has 0 bridgehead atoms. The quantitative estimate of drug-likeness (QED) is 0.354. The van der Waals surface area contributed by atoms with Crippen LogP contribution in [0.1, 0.15) is 10.4 Å². The number of benzene rings is 2. The maximum Gasteiger partial charge on any atom is 1.00 e. The summed E-state index contributed by atoms with van der Waals surface area (Å²) >= 11 is 9.61. The van der Waals surface area contributed by atoms with Crippen molar-refractivity contribution in [2.45, 2.75) is 0 Å². The van der Waals surface area contributed by atoms with Crippen LogP contribution in [-0.2, 0) is 0 Å². The molecule has 0 spiro atoms. The Morgan fingerprint density at radius 3 is 2.65 bits per heavy atom. The second-order valence-electron chi connectivity index (χ2n) is 4.11. The van der Waals surface area contributed by atoms with Crippen LogP contribution in [0.3, 0.4) is 0 Å². The minimum atomic E-state index is -1.20. The topological polar surface area (TPSA) is 53.0 Å². The van der Waals surface area contributed by atoms with E-state index < -0.39 is 5.97 Å². The van der Waals surface area contributed by atoms with Gasteiger partial charge < -0.3 is 9.90 Å². The zero-order valence-corrected chi connectivity index (χ0v) is 14.8. The summed E-state index contributed by atoms with van der Waals surface area (Å²) in [6.07, 6.45) is 1.64. The monoisotopic (exact) mass is 357 g/mol. The van der Waals surface area contributed by atoms with Gasteiger partial charge in [-0.1, -0.05) is 39.7 Å². The standard InChI is InChI=1S/C14H7BrClNO2.Na/c15-11-6-8-5-7(14(18)19)1-2-9(8)12-10(11)3-4-17-13(12)16;/h1-6H,(H,18,19);/q;+1/p-1. The minimum absolute atomic E-state index is 0. The number of nitrogens with zero attached hydrogens (tertiary/aromatic N) is 1. The van der Waals surface area contributed by atoms with Gasteiger partial charge in [0.25, 0.3) is 0 Å². The second kappa shape index (κ2) is 6.00. The van der Waals surface area contributed by atoms with Gasteiger partial charge in [-0.25, -0.2) is 4.98 Å². The van der Waals surface area contributed by atoms with Gasteiger partial charge in [0.2, 0.25) is 0 Å². The fourth-order valence-electron chi connectivity index (χ4n) is 2.14. The minimum Gasteiger partial charge on any atom is -0.545 e. The molecule has 0 N–H and O–H groups in total. The molecule has 0 atom stereocenters. The van der Waals surface area contributed by atoms with E-state index in [2.05, 4.69) is 20.9 Å². The molecule has 0 saturated carbocycles. The van der Waals surface area contributed by atoms with Gasteiger partial charge in [-0.05, 0) is 34.5 Å². The summed E-state index contributed by atoms with van der Waals surface area (Å²) < 4.78 is 0.842. The zero-order valence-electron chi connectivity index (χ0n) is 10.5. The van der Waals surface area contributed by atoms with Gasteiger partial charge in [0.05, 0.1) is 5.97 Å². The van der Waals surface area contributed by atoms with Crippen LogP contribution in [0.15, 0.2) is 41.0 Å². The Morgan fingerprint density at radius 2 is 1.95 bits per heavy atom. The van der Waals surface area contributed by atoms with Gasteiger partial charge in [0.15, 0.2) is 0 Å². The van der Waals surface area contributed by atoms with Crippen LogP contribution >= 0.6 is 27.5 Å². The van der Waals surface area contributed by atoms with Crippen LogP contribution in [0.4, 0.5) is 0 Å². The number of fused-ring (bicyclic) bond motifs is 3. The van der Waals surface area contributed by atoms with Crippen LogP contribution in [0, 0.1) is 0 Å². The number of carbonyl (C=O) groups is 1. The Morgan fingerprint density at radius 1 is 1.20 bits per heavy atom. The number of carboxylic acids is 1. The number of carboxylic acid groups (broad SMARTS) is 1. The van der Waals surface area contributed by atoms with Gasteiger partial charge >= 0.3 is 29.6 Å². The number of hydrogen-bond donors (Lipinski definition) is 0. The molecule has 1 heterocycles.